The fraction of sp³-hybridized carbons (Fsp3) is 0.273. The third-order valence-electron chi connectivity index (χ3n) is 4.82. The zero-order chi connectivity index (χ0) is 21.3. The van der Waals surface area contributed by atoms with Crippen molar-refractivity contribution in [3.05, 3.63) is 54.1 Å². The molecule has 0 bridgehead atoms. The van der Waals surface area contributed by atoms with Gasteiger partial charge in [-0.2, -0.15) is 4.98 Å². The molecule has 0 aliphatic carbocycles. The second-order valence-corrected chi connectivity index (χ2v) is 8.27. The van der Waals surface area contributed by atoms with Gasteiger partial charge < -0.3 is 9.64 Å². The van der Waals surface area contributed by atoms with Crippen LogP contribution in [0, 0.1) is 0 Å². The van der Waals surface area contributed by atoms with Crippen LogP contribution in [0.2, 0.25) is 0 Å². The van der Waals surface area contributed by atoms with Crippen LogP contribution in [0.5, 0.6) is 5.88 Å². The minimum atomic E-state index is -0.669. The Balaban J connectivity index is 1.89. The first-order chi connectivity index (χ1) is 14.5. The van der Waals surface area contributed by atoms with Crippen molar-refractivity contribution in [2.45, 2.75) is 25.2 Å². The second kappa shape index (κ2) is 8.31. The summed E-state index contributed by atoms with van der Waals surface area (Å²) in [6.45, 7) is 3.57. The molecule has 4 rings (SSSR count). The van der Waals surface area contributed by atoms with Crippen LogP contribution in [-0.2, 0) is 4.79 Å². The van der Waals surface area contributed by atoms with E-state index >= 15 is 0 Å². The van der Waals surface area contributed by atoms with Gasteiger partial charge in [0.15, 0.2) is 5.69 Å². The number of ether oxygens (including phenoxy) is 1. The Morgan fingerprint density at radius 1 is 1.13 bits per heavy atom. The summed E-state index contributed by atoms with van der Waals surface area (Å²) < 4.78 is 6.35. The summed E-state index contributed by atoms with van der Waals surface area (Å²) in [5.41, 5.74) is 3.93. The molecule has 0 saturated heterocycles. The number of hydrogen-bond donors (Lipinski definition) is 0. The fourth-order valence-corrected chi connectivity index (χ4v) is 3.90. The van der Waals surface area contributed by atoms with Crippen LogP contribution in [0.3, 0.4) is 0 Å². The number of carbonyl (C=O) groups excluding carboxylic acids is 1. The first-order valence-corrected chi connectivity index (χ1v) is 10.7. The molecule has 8 heteroatoms. The monoisotopic (exact) mass is 421 g/mol. The van der Waals surface area contributed by atoms with Crippen molar-refractivity contribution in [1.82, 2.24) is 15.2 Å². The van der Waals surface area contributed by atoms with E-state index < -0.39 is 6.23 Å². The Labute approximate surface area is 180 Å². The van der Waals surface area contributed by atoms with Crippen molar-refractivity contribution in [3.8, 4) is 17.1 Å². The molecule has 3 aromatic rings. The molecule has 0 unspecified atom stereocenters. The van der Waals surface area contributed by atoms with Crippen molar-refractivity contribution >= 4 is 29.0 Å². The number of fused-ring (bicyclic) bond motifs is 3. The summed E-state index contributed by atoms with van der Waals surface area (Å²) in [4.78, 5) is 21.0. The maximum Gasteiger partial charge on any atom is 0.247 e. The van der Waals surface area contributed by atoms with Crippen LogP contribution < -0.4 is 14.5 Å². The number of para-hydroxylation sites is 1. The maximum atomic E-state index is 12.8. The Bertz CT molecular complexity index is 1070. The van der Waals surface area contributed by atoms with Gasteiger partial charge in [0.2, 0.25) is 23.2 Å². The minimum absolute atomic E-state index is 0.131. The number of rotatable bonds is 4. The lowest BCUT2D eigenvalue weighted by molar-refractivity contribution is -0.118. The van der Waals surface area contributed by atoms with Gasteiger partial charge in [-0.25, -0.2) is 0 Å². The largest absolute Gasteiger partial charge is 0.447 e. The molecule has 1 atom stereocenters. The number of thioether (sulfide) groups is 1. The zero-order valence-corrected chi connectivity index (χ0v) is 18.2. The molecule has 2 aromatic carbocycles. The average Bonchev–Trinajstić information content (AvgIpc) is 2.88. The molecular weight excluding hydrogens is 398 g/mol. The van der Waals surface area contributed by atoms with Crippen LogP contribution in [-0.4, -0.2) is 40.9 Å². The van der Waals surface area contributed by atoms with E-state index in [9.17, 15) is 4.79 Å². The van der Waals surface area contributed by atoms with Crippen LogP contribution in [0.4, 0.5) is 11.4 Å². The van der Waals surface area contributed by atoms with Crippen LogP contribution in [0.25, 0.3) is 11.3 Å². The highest BCUT2D eigenvalue weighted by Gasteiger charge is 2.34. The predicted octanol–water partition coefficient (Wildman–Crippen LogP) is 4.16. The summed E-state index contributed by atoms with van der Waals surface area (Å²) in [6, 6.07) is 15.6. The first-order valence-electron chi connectivity index (χ1n) is 9.70. The van der Waals surface area contributed by atoms with Crippen LogP contribution >= 0.6 is 11.8 Å². The molecule has 1 aromatic heterocycles. The van der Waals surface area contributed by atoms with Gasteiger partial charge in [-0.1, -0.05) is 49.0 Å². The van der Waals surface area contributed by atoms with E-state index in [-0.39, 0.29) is 5.91 Å². The number of nitrogens with zero attached hydrogens (tertiary/aromatic N) is 5. The van der Waals surface area contributed by atoms with Gasteiger partial charge in [0.25, 0.3) is 0 Å². The number of hydrogen-bond acceptors (Lipinski definition) is 7. The summed E-state index contributed by atoms with van der Waals surface area (Å²) in [5, 5.41) is 9.18. The normalized spacial score (nSPS) is 14.9. The lowest BCUT2D eigenvalue weighted by Gasteiger charge is -2.30. The minimum Gasteiger partial charge on any atom is -0.447 e. The number of aromatic nitrogens is 3. The lowest BCUT2D eigenvalue weighted by atomic mass is 10.1. The van der Waals surface area contributed by atoms with E-state index in [0.29, 0.717) is 16.7 Å². The molecule has 0 radical (unpaired) electrons. The van der Waals surface area contributed by atoms with E-state index in [1.165, 1.54) is 18.7 Å². The molecule has 1 aliphatic rings. The van der Waals surface area contributed by atoms with Gasteiger partial charge in [0.05, 0.1) is 5.69 Å². The zero-order valence-electron chi connectivity index (χ0n) is 17.4. The fourth-order valence-electron chi connectivity index (χ4n) is 3.40. The van der Waals surface area contributed by atoms with Crippen molar-refractivity contribution in [3.63, 3.8) is 0 Å². The third kappa shape index (κ3) is 3.70. The summed E-state index contributed by atoms with van der Waals surface area (Å²) in [6.07, 6.45) is -0.669. The van der Waals surface area contributed by atoms with Crippen molar-refractivity contribution in [2.24, 2.45) is 0 Å². The molecule has 7 nitrogen and oxygen atoms in total. The number of anilines is 2. The summed E-state index contributed by atoms with van der Waals surface area (Å²) in [7, 11) is 3.97. The molecule has 30 heavy (non-hydrogen) atoms. The molecule has 0 fully saturated rings. The number of amides is 1. The second-order valence-electron chi connectivity index (χ2n) is 7.04. The average molecular weight is 422 g/mol. The Hall–Kier alpha value is -3.13. The van der Waals surface area contributed by atoms with Crippen LogP contribution in [0.15, 0.2) is 53.7 Å². The van der Waals surface area contributed by atoms with E-state index in [1.807, 2.05) is 74.4 Å². The highest BCUT2D eigenvalue weighted by molar-refractivity contribution is 7.99. The van der Waals surface area contributed by atoms with E-state index in [1.54, 1.807) is 4.90 Å². The van der Waals surface area contributed by atoms with Gasteiger partial charge in [-0.3, -0.25) is 9.69 Å². The van der Waals surface area contributed by atoms with Gasteiger partial charge in [-0.15, -0.1) is 10.2 Å². The molecule has 0 spiro atoms. The van der Waals surface area contributed by atoms with E-state index in [0.717, 1.165) is 28.3 Å². The predicted molar refractivity (Wildman–Crippen MR) is 119 cm³/mol. The highest BCUT2D eigenvalue weighted by atomic mass is 32.2. The topological polar surface area (TPSA) is 71.5 Å². The van der Waals surface area contributed by atoms with Crippen LogP contribution in [0.1, 0.15) is 25.6 Å². The molecule has 2 heterocycles. The van der Waals surface area contributed by atoms with Gasteiger partial charge in [0.1, 0.15) is 0 Å². The first kappa shape index (κ1) is 20.2. The molecule has 0 saturated carbocycles. The van der Waals surface area contributed by atoms with Gasteiger partial charge in [-0.05, 0) is 24.0 Å². The van der Waals surface area contributed by atoms with Crippen molar-refractivity contribution in [1.29, 1.82) is 0 Å². The molecule has 154 valence electrons. The molecule has 1 aliphatic heterocycles. The standard InChI is InChI=1S/C22H23N5O2S/c1-5-30-22-23-20-19(24-25-22)17-8-6-7-9-18(17)27(14(2)28)21(29-20)15-10-12-16(13-11-15)26(3)4/h6-13,21H,5H2,1-4H3/t21-/m1/s1. The molecular formula is C22H23N5O2S. The quantitative estimate of drug-likeness (QED) is 0.586. The Kier molecular flexibility index (Phi) is 5.59. The Morgan fingerprint density at radius 2 is 1.87 bits per heavy atom. The van der Waals surface area contributed by atoms with Crippen molar-refractivity contribution in [2.75, 3.05) is 29.6 Å². The number of carbonyl (C=O) groups is 1. The van der Waals surface area contributed by atoms with E-state index in [4.69, 9.17) is 4.74 Å². The maximum absolute atomic E-state index is 12.8. The van der Waals surface area contributed by atoms with E-state index in [2.05, 4.69) is 15.2 Å². The van der Waals surface area contributed by atoms with Crippen molar-refractivity contribution < 1.29 is 9.53 Å². The Morgan fingerprint density at radius 3 is 2.53 bits per heavy atom. The SMILES string of the molecule is CCSc1nnc2c(n1)O[C@H](c1ccc(N(C)C)cc1)N(C(C)=O)c1ccccc1-2. The third-order valence-corrected chi connectivity index (χ3v) is 5.54. The lowest BCUT2D eigenvalue weighted by Crippen LogP contribution is -2.36. The summed E-state index contributed by atoms with van der Waals surface area (Å²) >= 11 is 1.49. The highest BCUT2D eigenvalue weighted by Crippen LogP contribution is 2.43. The number of benzene rings is 2. The van der Waals surface area contributed by atoms with Gasteiger partial charge >= 0.3 is 0 Å². The smallest absolute Gasteiger partial charge is 0.247 e. The van der Waals surface area contributed by atoms with Gasteiger partial charge in [0, 0.05) is 37.8 Å². The summed E-state index contributed by atoms with van der Waals surface area (Å²) in [5.74, 6) is 1.07. The molecule has 0 N–H and O–H groups in total. The molecule has 1 amide bonds.